The van der Waals surface area contributed by atoms with Crippen LogP contribution in [0.2, 0.25) is 0 Å². The Morgan fingerprint density at radius 3 is 2.50 bits per heavy atom. The van der Waals surface area contributed by atoms with Crippen LogP contribution in [-0.4, -0.2) is 55.4 Å². The molecule has 0 radical (unpaired) electrons. The van der Waals surface area contributed by atoms with Gasteiger partial charge in [0.2, 0.25) is 0 Å². The molecule has 0 aliphatic carbocycles. The summed E-state index contributed by atoms with van der Waals surface area (Å²) >= 11 is 0. The van der Waals surface area contributed by atoms with Gasteiger partial charge in [0.15, 0.2) is 0 Å². The molecule has 0 aromatic rings. The predicted molar refractivity (Wildman–Crippen MR) is 82.0 cm³/mol. The molecule has 0 aromatic carbocycles. The molecule has 20 heavy (non-hydrogen) atoms. The van der Waals surface area contributed by atoms with Gasteiger partial charge in [-0.25, -0.2) is 4.79 Å². The molecule has 1 rings (SSSR count). The molecule has 0 bridgehead atoms. The van der Waals surface area contributed by atoms with E-state index in [2.05, 4.69) is 22.5 Å². The zero-order valence-corrected chi connectivity index (χ0v) is 13.5. The van der Waals surface area contributed by atoms with Gasteiger partial charge in [0.05, 0.1) is 0 Å². The van der Waals surface area contributed by atoms with Crippen LogP contribution in [0, 0.1) is 0 Å². The highest BCUT2D eigenvalue weighted by atomic mass is 16.6. The van der Waals surface area contributed by atoms with E-state index >= 15 is 0 Å². The molecular weight excluding hydrogens is 254 g/mol. The van der Waals surface area contributed by atoms with E-state index < -0.39 is 5.60 Å². The first-order chi connectivity index (χ1) is 9.38. The van der Waals surface area contributed by atoms with Crippen molar-refractivity contribution in [2.75, 3.05) is 32.7 Å². The second-order valence-electron chi connectivity index (χ2n) is 6.58. The van der Waals surface area contributed by atoms with Gasteiger partial charge in [0, 0.05) is 19.1 Å². The molecule has 0 saturated carbocycles. The number of nitrogens with zero attached hydrogens (tertiary/aromatic N) is 1. The highest BCUT2D eigenvalue weighted by Crippen LogP contribution is 2.10. The van der Waals surface area contributed by atoms with Crippen molar-refractivity contribution < 1.29 is 9.53 Å². The number of rotatable bonds is 7. The lowest BCUT2D eigenvalue weighted by atomic mass is 10.2. The minimum atomic E-state index is -0.423. The maximum atomic E-state index is 11.4. The van der Waals surface area contributed by atoms with Gasteiger partial charge in [0.25, 0.3) is 0 Å². The van der Waals surface area contributed by atoms with E-state index in [9.17, 15) is 4.79 Å². The summed E-state index contributed by atoms with van der Waals surface area (Å²) in [6, 6.07) is 0.608. The molecule has 1 unspecified atom stereocenters. The van der Waals surface area contributed by atoms with E-state index in [1.807, 2.05) is 20.8 Å². The Bertz CT molecular complexity index is 283. The summed E-state index contributed by atoms with van der Waals surface area (Å²) < 4.78 is 5.17. The van der Waals surface area contributed by atoms with Crippen LogP contribution in [0.5, 0.6) is 0 Å². The van der Waals surface area contributed by atoms with Gasteiger partial charge in [-0.2, -0.15) is 0 Å². The maximum absolute atomic E-state index is 11.4. The smallest absolute Gasteiger partial charge is 0.407 e. The van der Waals surface area contributed by atoms with Crippen LogP contribution >= 0.6 is 0 Å². The summed E-state index contributed by atoms with van der Waals surface area (Å²) in [6.07, 6.45) is 3.27. The van der Waals surface area contributed by atoms with Gasteiger partial charge < -0.3 is 15.4 Å². The van der Waals surface area contributed by atoms with E-state index in [1.54, 1.807) is 0 Å². The van der Waals surface area contributed by atoms with E-state index in [0.717, 1.165) is 19.5 Å². The van der Waals surface area contributed by atoms with Crippen molar-refractivity contribution in [2.24, 2.45) is 0 Å². The summed E-state index contributed by atoms with van der Waals surface area (Å²) in [7, 11) is 0. The van der Waals surface area contributed by atoms with Crippen LogP contribution in [0.15, 0.2) is 0 Å². The number of carbonyl (C=O) groups is 1. The predicted octanol–water partition coefficient (Wildman–Crippen LogP) is 1.98. The van der Waals surface area contributed by atoms with Gasteiger partial charge in [-0.3, -0.25) is 4.90 Å². The van der Waals surface area contributed by atoms with Gasteiger partial charge >= 0.3 is 6.09 Å². The Labute approximate surface area is 123 Å². The van der Waals surface area contributed by atoms with Crippen molar-refractivity contribution in [3.8, 4) is 0 Å². The molecule has 5 heteroatoms. The first kappa shape index (κ1) is 17.2. The maximum Gasteiger partial charge on any atom is 0.407 e. The molecule has 2 N–H and O–H groups in total. The highest BCUT2D eigenvalue weighted by Gasteiger charge is 2.17. The lowest BCUT2D eigenvalue weighted by molar-refractivity contribution is 0.0527. The Balaban J connectivity index is 1.95. The molecule has 5 nitrogen and oxygen atoms in total. The molecule has 1 heterocycles. The molecule has 1 saturated heterocycles. The summed E-state index contributed by atoms with van der Waals surface area (Å²) in [6.45, 7) is 13.0. The topological polar surface area (TPSA) is 53.6 Å². The van der Waals surface area contributed by atoms with Crippen LogP contribution in [0.1, 0.15) is 47.0 Å². The Morgan fingerprint density at radius 2 is 1.90 bits per heavy atom. The zero-order valence-electron chi connectivity index (χ0n) is 13.5. The quantitative estimate of drug-likeness (QED) is 0.702. The number of likely N-dealkylation sites (tertiary alicyclic amines) is 1. The lowest BCUT2D eigenvalue weighted by Gasteiger charge is -2.24. The molecule has 118 valence electrons. The van der Waals surface area contributed by atoms with Crippen LogP contribution in [0.3, 0.4) is 0 Å². The molecule has 1 fully saturated rings. The molecule has 0 aromatic heterocycles. The number of amides is 1. The normalized spacial score (nSPS) is 18.0. The summed E-state index contributed by atoms with van der Waals surface area (Å²) in [5.41, 5.74) is -0.423. The fourth-order valence-corrected chi connectivity index (χ4v) is 2.34. The number of nitrogens with one attached hydrogen (secondary N) is 2. The van der Waals surface area contributed by atoms with Gasteiger partial charge in [0.1, 0.15) is 5.60 Å². The second kappa shape index (κ2) is 8.47. The number of hydrogen-bond donors (Lipinski definition) is 2. The fourth-order valence-electron chi connectivity index (χ4n) is 2.34. The minimum absolute atomic E-state index is 0.331. The first-order valence-corrected chi connectivity index (χ1v) is 7.80. The summed E-state index contributed by atoms with van der Waals surface area (Å²) in [5, 5.41) is 6.22. The van der Waals surface area contributed by atoms with Crippen molar-refractivity contribution >= 4 is 6.09 Å². The average molecular weight is 285 g/mol. The van der Waals surface area contributed by atoms with Crippen LogP contribution in [0.25, 0.3) is 0 Å². The highest BCUT2D eigenvalue weighted by molar-refractivity contribution is 5.67. The Morgan fingerprint density at radius 1 is 1.25 bits per heavy atom. The standard InChI is InChI=1S/C15H31N3O2/c1-13(18-10-5-6-11-18)12-16-8-7-9-17-14(19)20-15(2,3)4/h13,16H,5-12H2,1-4H3,(H,17,19). The lowest BCUT2D eigenvalue weighted by Crippen LogP contribution is -2.39. The fraction of sp³-hybridized carbons (Fsp3) is 0.933. The van der Waals surface area contributed by atoms with Crippen molar-refractivity contribution in [2.45, 2.75) is 58.6 Å². The minimum Gasteiger partial charge on any atom is -0.444 e. The molecule has 0 spiro atoms. The Hall–Kier alpha value is -0.810. The van der Waals surface area contributed by atoms with Gasteiger partial charge in [-0.1, -0.05) is 0 Å². The van der Waals surface area contributed by atoms with Crippen LogP contribution in [-0.2, 0) is 4.74 Å². The van der Waals surface area contributed by atoms with Crippen molar-refractivity contribution in [3.05, 3.63) is 0 Å². The number of carbonyl (C=O) groups excluding carboxylic acids is 1. The van der Waals surface area contributed by atoms with Crippen LogP contribution < -0.4 is 10.6 Å². The third-order valence-corrected chi connectivity index (χ3v) is 3.40. The van der Waals surface area contributed by atoms with Crippen molar-refractivity contribution in [3.63, 3.8) is 0 Å². The van der Waals surface area contributed by atoms with E-state index in [0.29, 0.717) is 12.6 Å². The zero-order chi connectivity index (χ0) is 15.0. The van der Waals surface area contributed by atoms with E-state index in [1.165, 1.54) is 25.9 Å². The third-order valence-electron chi connectivity index (χ3n) is 3.40. The van der Waals surface area contributed by atoms with Gasteiger partial charge in [-0.05, 0) is 66.6 Å². The number of ether oxygens (including phenoxy) is 1. The largest absolute Gasteiger partial charge is 0.444 e. The molecule has 1 aliphatic rings. The molecule has 1 aliphatic heterocycles. The number of hydrogen-bond acceptors (Lipinski definition) is 4. The SMILES string of the molecule is CC(CNCCCNC(=O)OC(C)(C)C)N1CCCC1. The average Bonchev–Trinajstić information content (AvgIpc) is 2.84. The van der Waals surface area contributed by atoms with E-state index in [4.69, 9.17) is 4.74 Å². The monoisotopic (exact) mass is 285 g/mol. The second-order valence-corrected chi connectivity index (χ2v) is 6.58. The summed E-state index contributed by atoms with van der Waals surface area (Å²) in [4.78, 5) is 13.9. The Kier molecular flexibility index (Phi) is 7.30. The van der Waals surface area contributed by atoms with Crippen molar-refractivity contribution in [1.82, 2.24) is 15.5 Å². The van der Waals surface area contributed by atoms with E-state index in [-0.39, 0.29) is 6.09 Å². The molecule has 1 amide bonds. The first-order valence-electron chi connectivity index (χ1n) is 7.80. The van der Waals surface area contributed by atoms with Crippen molar-refractivity contribution in [1.29, 1.82) is 0 Å². The van der Waals surface area contributed by atoms with Gasteiger partial charge in [-0.15, -0.1) is 0 Å². The molecular formula is C15H31N3O2. The number of alkyl carbamates (subject to hydrolysis) is 1. The summed E-state index contributed by atoms with van der Waals surface area (Å²) in [5.74, 6) is 0. The molecule has 1 atom stereocenters. The van der Waals surface area contributed by atoms with Crippen LogP contribution in [0.4, 0.5) is 4.79 Å². The third kappa shape index (κ3) is 7.70.